The quantitative estimate of drug-likeness (QED) is 0.129. The molecule has 0 aromatic heterocycles. The molecule has 0 aliphatic heterocycles. The highest BCUT2D eigenvalue weighted by molar-refractivity contribution is 5.85. The van der Waals surface area contributed by atoms with Gasteiger partial charge in [-0.2, -0.15) is 0 Å². The molecule has 7 aromatic carbocycles. The fraction of sp³-hybridized carbons (Fsp3) is 0.207. The Hall–Kier alpha value is -6.38. The molecule has 0 saturated carbocycles. The standard InChI is InChI=1S/C58H58N2/c1-9-45-13-17-47(18-14-45)49-21-27-53(28-22-49)59(55-31-11-39(3)35-41(55)5)57-33-25-51(37-43(57)7)52-26-34-58(44(8)38-52)60(56-32-12-40(4)36-42(56)6)54-29-23-50(24-30-54)48-19-15-46(10-2)16-20-48/h11-15,17-19,21-38H,9-10,16,20H2,1-8H3. The van der Waals surface area contributed by atoms with Crippen LogP contribution in [0.2, 0.25) is 0 Å². The lowest BCUT2D eigenvalue weighted by Crippen LogP contribution is -2.13. The Balaban J connectivity index is 1.13. The van der Waals surface area contributed by atoms with Crippen LogP contribution in [0.4, 0.5) is 34.1 Å². The van der Waals surface area contributed by atoms with Gasteiger partial charge in [-0.05, 0) is 189 Å². The molecular formula is C58H58N2. The van der Waals surface area contributed by atoms with E-state index in [1.807, 2.05) is 0 Å². The number of rotatable bonds is 11. The van der Waals surface area contributed by atoms with Crippen LogP contribution in [0.5, 0.6) is 0 Å². The molecule has 0 radical (unpaired) electrons. The normalized spacial score (nSPS) is 12.5. The Kier molecular flexibility index (Phi) is 11.8. The molecule has 0 amide bonds. The van der Waals surface area contributed by atoms with E-state index in [1.165, 1.54) is 101 Å². The summed E-state index contributed by atoms with van der Waals surface area (Å²) in [5.74, 6) is 0. The predicted molar refractivity (Wildman–Crippen MR) is 260 cm³/mol. The molecule has 1 aliphatic carbocycles. The molecule has 2 heteroatoms. The van der Waals surface area contributed by atoms with Gasteiger partial charge in [-0.3, -0.25) is 0 Å². The first-order valence-corrected chi connectivity index (χ1v) is 21.7. The SMILES string of the molecule is CCC1=CC=C(c2ccc(N(c3ccc(C)cc3C)c3ccc(-c4ccc(N(c5ccc(-c6ccc(CC)cc6)cc5)c5ccc(C)cc5C)c(C)c4)cc3C)cc2)CC1. The Morgan fingerprint density at radius 1 is 0.367 bits per heavy atom. The zero-order chi connectivity index (χ0) is 41.9. The summed E-state index contributed by atoms with van der Waals surface area (Å²) in [4.78, 5) is 4.85. The van der Waals surface area contributed by atoms with E-state index < -0.39 is 0 Å². The first-order valence-electron chi connectivity index (χ1n) is 21.7. The molecule has 0 saturated heterocycles. The molecule has 0 bridgehead atoms. The Morgan fingerprint density at radius 3 is 1.15 bits per heavy atom. The van der Waals surface area contributed by atoms with E-state index in [4.69, 9.17) is 0 Å². The van der Waals surface area contributed by atoms with Gasteiger partial charge >= 0.3 is 0 Å². The van der Waals surface area contributed by atoms with Gasteiger partial charge in [0.05, 0.1) is 0 Å². The maximum absolute atomic E-state index is 2.43. The van der Waals surface area contributed by atoms with Crippen molar-refractivity contribution < 1.29 is 0 Å². The monoisotopic (exact) mass is 782 g/mol. The lowest BCUT2D eigenvalue weighted by molar-refractivity contribution is 0.906. The van der Waals surface area contributed by atoms with Crippen molar-refractivity contribution in [2.24, 2.45) is 0 Å². The van der Waals surface area contributed by atoms with Crippen LogP contribution < -0.4 is 9.80 Å². The van der Waals surface area contributed by atoms with Gasteiger partial charge in [0.25, 0.3) is 0 Å². The average molecular weight is 783 g/mol. The van der Waals surface area contributed by atoms with E-state index in [-0.39, 0.29) is 0 Å². The second-order valence-electron chi connectivity index (χ2n) is 16.8. The van der Waals surface area contributed by atoms with Crippen molar-refractivity contribution in [2.75, 3.05) is 9.80 Å². The molecule has 0 unspecified atom stereocenters. The van der Waals surface area contributed by atoms with Crippen molar-refractivity contribution in [1.29, 1.82) is 0 Å². The highest BCUT2D eigenvalue weighted by atomic mass is 15.2. The first-order chi connectivity index (χ1) is 29.1. The van der Waals surface area contributed by atoms with Gasteiger partial charge in [0.2, 0.25) is 0 Å². The number of hydrogen-bond acceptors (Lipinski definition) is 2. The Bertz CT molecular complexity index is 2710. The van der Waals surface area contributed by atoms with Gasteiger partial charge in [0.15, 0.2) is 0 Å². The Morgan fingerprint density at radius 2 is 0.767 bits per heavy atom. The van der Waals surface area contributed by atoms with Gasteiger partial charge in [-0.15, -0.1) is 0 Å². The van der Waals surface area contributed by atoms with Crippen LogP contribution in [-0.2, 0) is 6.42 Å². The minimum absolute atomic E-state index is 1.05. The lowest BCUT2D eigenvalue weighted by Gasteiger charge is -2.30. The summed E-state index contributed by atoms with van der Waals surface area (Å²) in [6.45, 7) is 17.7. The predicted octanol–water partition coefficient (Wildman–Crippen LogP) is 16.9. The molecule has 1 aliphatic rings. The molecule has 0 heterocycles. The zero-order valence-electron chi connectivity index (χ0n) is 36.7. The van der Waals surface area contributed by atoms with Crippen molar-refractivity contribution in [3.05, 3.63) is 208 Å². The summed E-state index contributed by atoms with van der Waals surface area (Å²) in [5.41, 5.74) is 25.1. The van der Waals surface area contributed by atoms with Gasteiger partial charge in [0, 0.05) is 34.1 Å². The molecule has 0 atom stereocenters. The molecule has 0 N–H and O–H groups in total. The minimum Gasteiger partial charge on any atom is -0.310 e. The van der Waals surface area contributed by atoms with E-state index in [1.54, 1.807) is 0 Å². The first kappa shape index (κ1) is 40.4. The average Bonchev–Trinajstić information content (AvgIpc) is 3.26. The number of aryl methyl sites for hydroxylation is 7. The molecular weight excluding hydrogens is 725 g/mol. The van der Waals surface area contributed by atoms with Crippen LogP contribution in [0.1, 0.15) is 77.6 Å². The Labute approximate surface area is 359 Å². The zero-order valence-corrected chi connectivity index (χ0v) is 36.7. The van der Waals surface area contributed by atoms with Crippen LogP contribution in [0.25, 0.3) is 27.8 Å². The topological polar surface area (TPSA) is 6.48 Å². The third-order valence-corrected chi connectivity index (χ3v) is 12.4. The van der Waals surface area contributed by atoms with E-state index >= 15 is 0 Å². The highest BCUT2D eigenvalue weighted by Gasteiger charge is 2.20. The molecule has 0 fully saturated rings. The number of hydrogen-bond donors (Lipinski definition) is 0. The van der Waals surface area contributed by atoms with Crippen LogP contribution in [0.15, 0.2) is 163 Å². The van der Waals surface area contributed by atoms with Crippen molar-refractivity contribution in [3.8, 4) is 22.3 Å². The number of benzene rings is 7. The van der Waals surface area contributed by atoms with E-state index in [0.717, 1.165) is 37.1 Å². The van der Waals surface area contributed by atoms with Crippen LogP contribution in [-0.4, -0.2) is 0 Å². The smallest absolute Gasteiger partial charge is 0.0491 e. The second-order valence-corrected chi connectivity index (χ2v) is 16.8. The maximum Gasteiger partial charge on any atom is 0.0491 e. The summed E-state index contributed by atoms with van der Waals surface area (Å²) in [5, 5.41) is 0. The fourth-order valence-electron chi connectivity index (χ4n) is 8.88. The number of allylic oxidation sites excluding steroid dienone is 4. The van der Waals surface area contributed by atoms with Crippen molar-refractivity contribution in [2.45, 2.75) is 81.1 Å². The van der Waals surface area contributed by atoms with E-state index in [0.29, 0.717) is 0 Å². The molecule has 0 spiro atoms. The molecule has 300 valence electrons. The van der Waals surface area contributed by atoms with Crippen LogP contribution in [0, 0.1) is 41.5 Å². The van der Waals surface area contributed by atoms with Crippen LogP contribution in [0.3, 0.4) is 0 Å². The molecule has 60 heavy (non-hydrogen) atoms. The molecule has 2 nitrogen and oxygen atoms in total. The number of nitrogens with zero attached hydrogens (tertiary/aromatic N) is 2. The number of anilines is 6. The summed E-state index contributed by atoms with van der Waals surface area (Å²) < 4.78 is 0. The van der Waals surface area contributed by atoms with Crippen molar-refractivity contribution in [3.63, 3.8) is 0 Å². The summed E-state index contributed by atoms with van der Waals surface area (Å²) in [7, 11) is 0. The third-order valence-electron chi connectivity index (χ3n) is 12.4. The fourth-order valence-corrected chi connectivity index (χ4v) is 8.88. The van der Waals surface area contributed by atoms with Crippen LogP contribution >= 0.6 is 0 Å². The van der Waals surface area contributed by atoms with Gasteiger partial charge in [0.1, 0.15) is 0 Å². The van der Waals surface area contributed by atoms with Gasteiger partial charge < -0.3 is 9.80 Å². The minimum atomic E-state index is 1.05. The molecule has 8 rings (SSSR count). The van der Waals surface area contributed by atoms with Crippen molar-refractivity contribution in [1.82, 2.24) is 0 Å². The van der Waals surface area contributed by atoms with Gasteiger partial charge in [-0.1, -0.05) is 128 Å². The van der Waals surface area contributed by atoms with E-state index in [9.17, 15) is 0 Å². The largest absolute Gasteiger partial charge is 0.310 e. The summed E-state index contributed by atoms with van der Waals surface area (Å²) >= 11 is 0. The molecule has 7 aromatic rings. The summed E-state index contributed by atoms with van der Waals surface area (Å²) in [6.07, 6.45) is 9.08. The lowest BCUT2D eigenvalue weighted by atomic mass is 9.92. The summed E-state index contributed by atoms with van der Waals surface area (Å²) in [6, 6.07) is 54.6. The highest BCUT2D eigenvalue weighted by Crippen LogP contribution is 2.43. The van der Waals surface area contributed by atoms with E-state index in [2.05, 4.69) is 223 Å². The maximum atomic E-state index is 2.43. The second kappa shape index (κ2) is 17.5. The third kappa shape index (κ3) is 8.38. The van der Waals surface area contributed by atoms with Crippen molar-refractivity contribution >= 4 is 39.7 Å². The van der Waals surface area contributed by atoms with Gasteiger partial charge in [-0.25, -0.2) is 0 Å².